The highest BCUT2D eigenvalue weighted by Gasteiger charge is 2.22. The van der Waals surface area contributed by atoms with Crippen LogP contribution in [0.4, 0.5) is 10.1 Å². The highest BCUT2D eigenvalue weighted by molar-refractivity contribution is 5.95. The first kappa shape index (κ1) is 27.8. The Morgan fingerprint density at radius 3 is 2.38 bits per heavy atom. The van der Waals surface area contributed by atoms with E-state index in [2.05, 4.69) is 24.9 Å². The molecule has 37 heavy (non-hydrogen) atoms. The maximum Gasteiger partial charge on any atom is 0.227 e. The topological polar surface area (TPSA) is 68.5 Å². The first-order valence-corrected chi connectivity index (χ1v) is 12.9. The number of hydrogen-bond donors (Lipinski definition) is 1. The maximum absolute atomic E-state index is 14.6. The third kappa shape index (κ3) is 6.92. The van der Waals surface area contributed by atoms with E-state index in [9.17, 15) is 9.18 Å². The quantitative estimate of drug-likeness (QED) is 0.311. The number of halogens is 1. The number of pyridine rings is 1. The molecule has 0 spiro atoms. The molecule has 1 aromatic heterocycles. The molecule has 5 nitrogen and oxygen atoms in total. The molecule has 3 aromatic carbocycles. The molecule has 1 saturated heterocycles. The second kappa shape index (κ2) is 13.5. The number of aromatic nitrogens is 1. The van der Waals surface area contributed by atoms with E-state index >= 15 is 0 Å². The zero-order valence-corrected chi connectivity index (χ0v) is 22.1. The van der Waals surface area contributed by atoms with Gasteiger partial charge in [0.2, 0.25) is 5.91 Å². The largest absolute Gasteiger partial charge is 0.454 e. The molecule has 0 aliphatic carbocycles. The van der Waals surface area contributed by atoms with Crippen LogP contribution in [0.2, 0.25) is 0 Å². The van der Waals surface area contributed by atoms with Gasteiger partial charge in [0.1, 0.15) is 5.75 Å². The number of ether oxygens (including phenoxy) is 1. The minimum Gasteiger partial charge on any atom is -0.454 e. The van der Waals surface area contributed by atoms with Gasteiger partial charge in [-0.25, -0.2) is 4.39 Å². The van der Waals surface area contributed by atoms with Crippen LogP contribution in [-0.4, -0.2) is 17.4 Å². The number of hydrogen-bond acceptors (Lipinski definition) is 4. The third-order valence-electron chi connectivity index (χ3n) is 6.14. The fourth-order valence-electron chi connectivity index (χ4n) is 4.18. The van der Waals surface area contributed by atoms with Crippen LogP contribution in [0.15, 0.2) is 72.9 Å². The van der Waals surface area contributed by atoms with Crippen molar-refractivity contribution < 1.29 is 13.9 Å². The van der Waals surface area contributed by atoms with E-state index in [-0.39, 0.29) is 11.7 Å². The van der Waals surface area contributed by atoms with Crippen LogP contribution in [0.5, 0.6) is 11.5 Å². The molecule has 1 aliphatic heterocycles. The number of carbonyl (C=O) groups excluding carboxylic acids is 1. The van der Waals surface area contributed by atoms with Crippen molar-refractivity contribution in [3.63, 3.8) is 0 Å². The smallest absolute Gasteiger partial charge is 0.227 e. The Hall–Kier alpha value is -3.77. The fourth-order valence-corrected chi connectivity index (χ4v) is 4.18. The molecule has 1 aliphatic rings. The second-order valence-electron chi connectivity index (χ2n) is 8.51. The van der Waals surface area contributed by atoms with Crippen LogP contribution < -0.4 is 15.4 Å². The lowest BCUT2D eigenvalue weighted by molar-refractivity contribution is -0.117. The maximum atomic E-state index is 14.6. The van der Waals surface area contributed by atoms with Gasteiger partial charge in [0.25, 0.3) is 0 Å². The summed E-state index contributed by atoms with van der Waals surface area (Å²) in [7, 11) is 0. The molecule has 1 fully saturated rings. The lowest BCUT2D eigenvalue weighted by Gasteiger charge is -2.17. The van der Waals surface area contributed by atoms with E-state index in [0.29, 0.717) is 30.9 Å². The summed E-state index contributed by atoms with van der Waals surface area (Å²) < 4.78 is 20.5. The van der Waals surface area contributed by atoms with Gasteiger partial charge in [-0.2, -0.15) is 0 Å². The minimum atomic E-state index is -0.486. The first-order valence-electron chi connectivity index (χ1n) is 12.9. The molecule has 194 valence electrons. The van der Waals surface area contributed by atoms with Gasteiger partial charge in [-0.15, -0.1) is 0 Å². The van der Waals surface area contributed by atoms with Crippen molar-refractivity contribution in [3.8, 4) is 11.5 Å². The molecule has 0 bridgehead atoms. The highest BCUT2D eigenvalue weighted by Crippen LogP contribution is 2.34. The van der Waals surface area contributed by atoms with E-state index in [1.165, 1.54) is 22.8 Å². The van der Waals surface area contributed by atoms with E-state index in [1.807, 2.05) is 50.2 Å². The number of rotatable bonds is 5. The lowest BCUT2D eigenvalue weighted by atomic mass is 10.0. The SMILES string of the molecule is CC.CCc1cc2c(Oc3ccc(N4CCCC4=O)cc3F)ccnc2cc1C.NCc1ccccc1. The van der Waals surface area contributed by atoms with Gasteiger partial charge < -0.3 is 15.4 Å². The predicted molar refractivity (Wildman–Crippen MR) is 150 cm³/mol. The molecule has 4 aromatic rings. The van der Waals surface area contributed by atoms with E-state index in [0.717, 1.165) is 23.7 Å². The zero-order chi connectivity index (χ0) is 26.8. The molecule has 0 saturated carbocycles. The van der Waals surface area contributed by atoms with Crippen molar-refractivity contribution >= 4 is 22.5 Å². The summed E-state index contributed by atoms with van der Waals surface area (Å²) in [6.45, 7) is 9.43. The van der Waals surface area contributed by atoms with Gasteiger partial charge in [0.15, 0.2) is 11.6 Å². The molecule has 1 amide bonds. The second-order valence-corrected chi connectivity index (χ2v) is 8.51. The van der Waals surface area contributed by atoms with Gasteiger partial charge in [-0.05, 0) is 66.8 Å². The molecular weight excluding hydrogens is 465 g/mol. The van der Waals surface area contributed by atoms with Crippen LogP contribution in [0, 0.1) is 12.7 Å². The van der Waals surface area contributed by atoms with Crippen LogP contribution in [0.1, 0.15) is 50.3 Å². The molecular formula is C31H36FN3O2. The Bertz CT molecular complexity index is 1330. The number of nitrogens with zero attached hydrogens (tertiary/aromatic N) is 2. The summed E-state index contributed by atoms with van der Waals surface area (Å²) in [5.74, 6) is 0.251. The minimum absolute atomic E-state index is 0.0330. The van der Waals surface area contributed by atoms with Crippen molar-refractivity contribution in [2.45, 2.75) is 53.5 Å². The third-order valence-corrected chi connectivity index (χ3v) is 6.14. The van der Waals surface area contributed by atoms with Crippen LogP contribution in [-0.2, 0) is 17.8 Å². The number of amides is 1. The van der Waals surface area contributed by atoms with Crippen molar-refractivity contribution in [1.82, 2.24) is 4.98 Å². The van der Waals surface area contributed by atoms with Gasteiger partial charge in [-0.1, -0.05) is 51.1 Å². The first-order chi connectivity index (χ1) is 18.0. The molecule has 0 unspecified atom stereocenters. The van der Waals surface area contributed by atoms with Crippen molar-refractivity contribution in [2.24, 2.45) is 5.73 Å². The average molecular weight is 502 g/mol. The van der Waals surface area contributed by atoms with Gasteiger partial charge in [0, 0.05) is 42.8 Å². The van der Waals surface area contributed by atoms with Crippen LogP contribution >= 0.6 is 0 Å². The monoisotopic (exact) mass is 501 g/mol. The fraction of sp³-hybridized carbons (Fsp3) is 0.290. The summed E-state index contributed by atoms with van der Waals surface area (Å²) >= 11 is 0. The highest BCUT2D eigenvalue weighted by atomic mass is 19.1. The van der Waals surface area contributed by atoms with Crippen molar-refractivity contribution in [1.29, 1.82) is 0 Å². The number of aryl methyl sites for hydroxylation is 2. The summed E-state index contributed by atoms with van der Waals surface area (Å²) in [5, 5.41) is 0.859. The number of anilines is 1. The van der Waals surface area contributed by atoms with E-state index < -0.39 is 5.82 Å². The van der Waals surface area contributed by atoms with Gasteiger partial charge >= 0.3 is 0 Å². The Kier molecular flexibility index (Phi) is 10.2. The molecule has 5 rings (SSSR count). The Morgan fingerprint density at radius 2 is 1.78 bits per heavy atom. The molecule has 6 heteroatoms. The number of benzene rings is 3. The van der Waals surface area contributed by atoms with E-state index in [4.69, 9.17) is 10.5 Å². The Morgan fingerprint density at radius 1 is 1.03 bits per heavy atom. The van der Waals surface area contributed by atoms with Crippen molar-refractivity contribution in [3.05, 3.63) is 95.4 Å². The normalized spacial score (nSPS) is 12.5. The summed E-state index contributed by atoms with van der Waals surface area (Å²) in [5.41, 5.74) is 10.3. The summed E-state index contributed by atoms with van der Waals surface area (Å²) in [6.07, 6.45) is 3.89. The van der Waals surface area contributed by atoms with Gasteiger partial charge in [0.05, 0.1) is 5.52 Å². The summed E-state index contributed by atoms with van der Waals surface area (Å²) in [6, 6.07) is 20.5. The molecule has 0 atom stereocenters. The number of carbonyl (C=O) groups is 1. The molecule has 0 radical (unpaired) electrons. The number of nitrogens with two attached hydrogens (primary N) is 1. The van der Waals surface area contributed by atoms with Crippen molar-refractivity contribution in [2.75, 3.05) is 11.4 Å². The Labute approximate surface area is 219 Å². The van der Waals surface area contributed by atoms with Gasteiger partial charge in [-0.3, -0.25) is 9.78 Å². The molecule has 2 N–H and O–H groups in total. The average Bonchev–Trinajstić information content (AvgIpc) is 3.37. The zero-order valence-electron chi connectivity index (χ0n) is 22.1. The summed E-state index contributed by atoms with van der Waals surface area (Å²) in [4.78, 5) is 17.9. The van der Waals surface area contributed by atoms with Crippen LogP contribution in [0.25, 0.3) is 10.9 Å². The Balaban J connectivity index is 0.000000322. The predicted octanol–water partition coefficient (Wildman–Crippen LogP) is 7.34. The lowest BCUT2D eigenvalue weighted by Crippen LogP contribution is -2.23. The number of fused-ring (bicyclic) bond motifs is 1. The molecule has 2 heterocycles. The van der Waals surface area contributed by atoms with Crippen LogP contribution in [0.3, 0.4) is 0 Å². The van der Waals surface area contributed by atoms with E-state index in [1.54, 1.807) is 29.3 Å². The standard InChI is InChI=1S/C22H21FN2O2.C7H9N.C2H6/c1-3-15-12-17-19(11-14(15)2)24-9-8-20(17)27-21-7-6-16(13-18(21)23)25-10-4-5-22(25)26;8-6-7-4-2-1-3-5-7;1-2/h6-9,11-13H,3-5,10H2,1-2H3;1-5H,6,8H2;1-2H3.